The lowest BCUT2D eigenvalue weighted by molar-refractivity contribution is 0.228. The second-order valence-corrected chi connectivity index (χ2v) is 6.26. The van der Waals surface area contributed by atoms with Crippen LogP contribution in [-0.4, -0.2) is 30.9 Å². The van der Waals surface area contributed by atoms with Crippen LogP contribution < -0.4 is 15.4 Å². The second-order valence-electron chi connectivity index (χ2n) is 6.26. The van der Waals surface area contributed by atoms with Gasteiger partial charge in [0.15, 0.2) is 0 Å². The van der Waals surface area contributed by atoms with E-state index in [2.05, 4.69) is 17.6 Å². The molecule has 1 aliphatic carbocycles. The molecule has 0 bridgehead atoms. The molecule has 132 valence electrons. The maximum Gasteiger partial charge on any atom is 0.315 e. The quantitative estimate of drug-likeness (QED) is 0.640. The van der Waals surface area contributed by atoms with Gasteiger partial charge in [0.25, 0.3) is 0 Å². The summed E-state index contributed by atoms with van der Waals surface area (Å²) in [4.78, 5) is 12.3. The summed E-state index contributed by atoms with van der Waals surface area (Å²) >= 11 is 0. The van der Waals surface area contributed by atoms with Crippen molar-refractivity contribution in [1.29, 1.82) is 0 Å². The van der Waals surface area contributed by atoms with Crippen LogP contribution in [0.25, 0.3) is 0 Å². The van der Waals surface area contributed by atoms with Crippen molar-refractivity contribution in [2.45, 2.75) is 44.7 Å². The second kappa shape index (κ2) is 9.33. The standard InChI is InChI=1S/C19H28N2O3/c1-3-4-5-18(15-7-10-17(24-2)11-8-15)21-19(23)20-16-9-6-14(12-16)13-22/h6-11,14,16,18,22H,3-5,12-13H2,1-2H3,(H2,20,21,23)/t14-,16+,18?/m0/s1. The number of unbranched alkanes of at least 4 members (excludes halogenated alkanes) is 1. The molecule has 0 radical (unpaired) electrons. The number of benzene rings is 1. The van der Waals surface area contributed by atoms with Crippen molar-refractivity contribution in [1.82, 2.24) is 10.6 Å². The van der Waals surface area contributed by atoms with E-state index in [0.29, 0.717) is 0 Å². The highest BCUT2D eigenvalue weighted by atomic mass is 16.5. The Morgan fingerprint density at radius 2 is 2.08 bits per heavy atom. The number of ether oxygens (including phenoxy) is 1. The maximum atomic E-state index is 12.3. The van der Waals surface area contributed by atoms with Crippen LogP contribution in [-0.2, 0) is 0 Å². The number of methoxy groups -OCH3 is 1. The van der Waals surface area contributed by atoms with E-state index in [1.807, 2.05) is 36.4 Å². The van der Waals surface area contributed by atoms with E-state index in [1.54, 1.807) is 7.11 Å². The lowest BCUT2D eigenvalue weighted by Gasteiger charge is -2.21. The lowest BCUT2D eigenvalue weighted by atomic mass is 10.0. The van der Waals surface area contributed by atoms with E-state index < -0.39 is 0 Å². The molecule has 1 unspecified atom stereocenters. The normalized spacial score (nSPS) is 20.6. The lowest BCUT2D eigenvalue weighted by Crippen LogP contribution is -2.42. The van der Waals surface area contributed by atoms with E-state index in [1.165, 1.54) is 0 Å². The molecule has 3 atom stereocenters. The maximum absolute atomic E-state index is 12.3. The van der Waals surface area contributed by atoms with E-state index in [0.717, 1.165) is 37.0 Å². The summed E-state index contributed by atoms with van der Waals surface area (Å²) in [7, 11) is 1.64. The summed E-state index contributed by atoms with van der Waals surface area (Å²) in [5.41, 5.74) is 1.08. The Balaban J connectivity index is 1.94. The minimum Gasteiger partial charge on any atom is -0.497 e. The molecule has 24 heavy (non-hydrogen) atoms. The molecule has 5 heteroatoms. The van der Waals surface area contributed by atoms with Gasteiger partial charge < -0.3 is 20.5 Å². The van der Waals surface area contributed by atoms with E-state index in [-0.39, 0.29) is 30.6 Å². The number of aliphatic hydroxyl groups excluding tert-OH is 1. The molecule has 0 heterocycles. The van der Waals surface area contributed by atoms with E-state index in [4.69, 9.17) is 9.84 Å². The molecule has 0 spiro atoms. The van der Waals surface area contributed by atoms with Crippen LogP contribution in [0.2, 0.25) is 0 Å². The van der Waals surface area contributed by atoms with Gasteiger partial charge in [0.05, 0.1) is 13.2 Å². The molecule has 0 aliphatic heterocycles. The molecule has 5 nitrogen and oxygen atoms in total. The van der Waals surface area contributed by atoms with Gasteiger partial charge in [-0.2, -0.15) is 0 Å². The summed E-state index contributed by atoms with van der Waals surface area (Å²) < 4.78 is 5.19. The average molecular weight is 332 g/mol. The van der Waals surface area contributed by atoms with Gasteiger partial charge >= 0.3 is 6.03 Å². The van der Waals surface area contributed by atoms with Crippen molar-refractivity contribution in [2.75, 3.05) is 13.7 Å². The molecule has 0 aromatic heterocycles. The van der Waals surface area contributed by atoms with Gasteiger partial charge in [0.1, 0.15) is 5.75 Å². The average Bonchev–Trinajstić information content (AvgIpc) is 3.06. The minimum absolute atomic E-state index is 0.00941. The van der Waals surface area contributed by atoms with Gasteiger partial charge in [0.2, 0.25) is 0 Å². The van der Waals surface area contributed by atoms with Gasteiger partial charge in [-0.3, -0.25) is 0 Å². The first kappa shape index (κ1) is 18.3. The van der Waals surface area contributed by atoms with Crippen LogP contribution in [0.1, 0.15) is 44.2 Å². The number of urea groups is 1. The Kier molecular flexibility index (Phi) is 7.12. The fraction of sp³-hybridized carbons (Fsp3) is 0.526. The van der Waals surface area contributed by atoms with Crippen LogP contribution >= 0.6 is 0 Å². The van der Waals surface area contributed by atoms with Gasteiger partial charge in [-0.05, 0) is 30.5 Å². The zero-order chi connectivity index (χ0) is 17.4. The number of rotatable bonds is 8. The van der Waals surface area contributed by atoms with Crippen molar-refractivity contribution in [3.8, 4) is 5.75 Å². The predicted molar refractivity (Wildman–Crippen MR) is 95.0 cm³/mol. The molecule has 2 amide bonds. The van der Waals surface area contributed by atoms with Crippen LogP contribution in [0, 0.1) is 5.92 Å². The third-order valence-corrected chi connectivity index (χ3v) is 4.39. The summed E-state index contributed by atoms with van der Waals surface area (Å²) in [5, 5.41) is 15.2. The van der Waals surface area contributed by atoms with Crippen LogP contribution in [0.5, 0.6) is 5.75 Å². The van der Waals surface area contributed by atoms with Gasteiger partial charge in [0, 0.05) is 18.6 Å². The fourth-order valence-electron chi connectivity index (χ4n) is 2.95. The summed E-state index contributed by atoms with van der Waals surface area (Å²) in [6, 6.07) is 7.63. The summed E-state index contributed by atoms with van der Waals surface area (Å²) in [6.45, 7) is 2.27. The number of aliphatic hydroxyl groups is 1. The largest absolute Gasteiger partial charge is 0.497 e. The third kappa shape index (κ3) is 5.27. The Labute approximate surface area is 144 Å². The molecular weight excluding hydrogens is 304 g/mol. The summed E-state index contributed by atoms with van der Waals surface area (Å²) in [6.07, 6.45) is 7.70. The predicted octanol–water partition coefficient (Wildman–Crippen LogP) is 3.16. The highest BCUT2D eigenvalue weighted by Gasteiger charge is 2.21. The number of nitrogens with one attached hydrogen (secondary N) is 2. The molecule has 0 fully saturated rings. The van der Waals surface area contributed by atoms with Crippen molar-refractivity contribution >= 4 is 6.03 Å². The third-order valence-electron chi connectivity index (χ3n) is 4.39. The topological polar surface area (TPSA) is 70.6 Å². The fourth-order valence-corrected chi connectivity index (χ4v) is 2.95. The first-order chi connectivity index (χ1) is 11.7. The highest BCUT2D eigenvalue weighted by Crippen LogP contribution is 2.22. The molecule has 1 aliphatic rings. The number of hydrogen-bond donors (Lipinski definition) is 3. The molecular formula is C19H28N2O3. The smallest absolute Gasteiger partial charge is 0.315 e. The van der Waals surface area contributed by atoms with Crippen molar-refractivity contribution < 1.29 is 14.6 Å². The highest BCUT2D eigenvalue weighted by molar-refractivity contribution is 5.75. The number of carbonyl (C=O) groups is 1. The Bertz CT molecular complexity index is 542. The van der Waals surface area contributed by atoms with Gasteiger partial charge in [-0.15, -0.1) is 0 Å². The number of amides is 2. The molecule has 0 saturated heterocycles. The van der Waals surface area contributed by atoms with Crippen molar-refractivity contribution in [3.63, 3.8) is 0 Å². The summed E-state index contributed by atoms with van der Waals surface area (Å²) in [5.74, 6) is 0.955. The van der Waals surface area contributed by atoms with Crippen LogP contribution in [0.15, 0.2) is 36.4 Å². The number of carbonyl (C=O) groups excluding carboxylic acids is 1. The Morgan fingerprint density at radius 3 is 2.67 bits per heavy atom. The number of hydrogen-bond acceptors (Lipinski definition) is 3. The van der Waals surface area contributed by atoms with Gasteiger partial charge in [-0.1, -0.05) is 44.1 Å². The minimum atomic E-state index is -0.167. The molecule has 1 aromatic carbocycles. The zero-order valence-electron chi connectivity index (χ0n) is 14.5. The van der Waals surface area contributed by atoms with E-state index >= 15 is 0 Å². The molecule has 3 N–H and O–H groups in total. The first-order valence-corrected chi connectivity index (χ1v) is 8.66. The molecule has 1 aromatic rings. The molecule has 0 saturated carbocycles. The SMILES string of the molecule is CCCCC(NC(=O)N[C@@H]1C=C[C@H](CO)C1)c1ccc(OC)cc1. The van der Waals surface area contributed by atoms with Crippen molar-refractivity contribution in [3.05, 3.63) is 42.0 Å². The first-order valence-electron chi connectivity index (χ1n) is 8.66. The zero-order valence-corrected chi connectivity index (χ0v) is 14.5. The van der Waals surface area contributed by atoms with Gasteiger partial charge in [-0.25, -0.2) is 4.79 Å². The Morgan fingerprint density at radius 1 is 1.33 bits per heavy atom. The van der Waals surface area contributed by atoms with Crippen LogP contribution in [0.3, 0.4) is 0 Å². The monoisotopic (exact) mass is 332 g/mol. The molecule has 2 rings (SSSR count). The Hall–Kier alpha value is -2.01. The van der Waals surface area contributed by atoms with Crippen LogP contribution in [0.4, 0.5) is 4.79 Å². The van der Waals surface area contributed by atoms with Crippen molar-refractivity contribution in [2.24, 2.45) is 5.92 Å². The van der Waals surface area contributed by atoms with E-state index in [9.17, 15) is 4.79 Å².